The van der Waals surface area contributed by atoms with Gasteiger partial charge in [0.15, 0.2) is 0 Å². The first-order valence-electron chi connectivity index (χ1n) is 6.38. The van der Waals surface area contributed by atoms with Crippen molar-refractivity contribution in [2.24, 2.45) is 5.73 Å². The summed E-state index contributed by atoms with van der Waals surface area (Å²) in [5.74, 6) is 0. The molecule has 1 aromatic carbocycles. The molecular weight excluding hydrogens is 224 g/mol. The highest BCUT2D eigenvalue weighted by Crippen LogP contribution is 2.13. The molecule has 0 spiro atoms. The van der Waals surface area contributed by atoms with Gasteiger partial charge in [-0.05, 0) is 25.1 Å². The number of hydrogen-bond acceptors (Lipinski definition) is 3. The molecule has 0 bridgehead atoms. The van der Waals surface area contributed by atoms with E-state index in [1.165, 1.54) is 0 Å². The number of para-hydroxylation sites is 1. The Morgan fingerprint density at radius 2 is 2.11 bits per heavy atom. The third kappa shape index (κ3) is 2.97. The van der Waals surface area contributed by atoms with Gasteiger partial charge in [0.25, 0.3) is 0 Å². The lowest BCUT2D eigenvalue weighted by Gasteiger charge is -2.14. The summed E-state index contributed by atoms with van der Waals surface area (Å²) in [6.07, 6.45) is 5.02. The number of rotatable bonds is 6. The number of benzene rings is 1. The van der Waals surface area contributed by atoms with E-state index in [1.807, 2.05) is 47.4 Å². The van der Waals surface area contributed by atoms with Gasteiger partial charge in [-0.25, -0.2) is 4.68 Å². The molecule has 0 amide bonds. The summed E-state index contributed by atoms with van der Waals surface area (Å²) in [7, 11) is 0. The van der Waals surface area contributed by atoms with E-state index in [2.05, 4.69) is 17.3 Å². The lowest BCUT2D eigenvalue weighted by Crippen LogP contribution is -2.28. The second-order valence-electron chi connectivity index (χ2n) is 4.30. The van der Waals surface area contributed by atoms with Crippen molar-refractivity contribution in [1.82, 2.24) is 15.1 Å². The molecule has 3 N–H and O–H groups in total. The smallest absolute Gasteiger partial charge is 0.0645 e. The zero-order valence-electron chi connectivity index (χ0n) is 10.7. The first kappa shape index (κ1) is 12.8. The van der Waals surface area contributed by atoms with E-state index in [9.17, 15) is 0 Å². The van der Waals surface area contributed by atoms with Gasteiger partial charge in [-0.2, -0.15) is 5.10 Å². The second kappa shape index (κ2) is 6.33. The maximum atomic E-state index is 5.79. The first-order chi connectivity index (χ1) is 8.85. The lowest BCUT2D eigenvalue weighted by molar-refractivity contribution is 0.540. The van der Waals surface area contributed by atoms with Gasteiger partial charge < -0.3 is 11.1 Å². The molecular formula is C14H20N4. The van der Waals surface area contributed by atoms with Gasteiger partial charge in [-0.15, -0.1) is 0 Å². The van der Waals surface area contributed by atoms with Gasteiger partial charge in [-0.3, -0.25) is 0 Å². The number of nitrogens with one attached hydrogen (secondary N) is 1. The molecule has 1 aromatic heterocycles. The Hall–Kier alpha value is -1.65. The average Bonchev–Trinajstić information content (AvgIpc) is 2.90. The minimum atomic E-state index is 0.183. The highest BCUT2D eigenvalue weighted by Gasteiger charge is 2.11. The fourth-order valence-electron chi connectivity index (χ4n) is 1.89. The molecule has 2 aromatic rings. The molecule has 1 unspecified atom stereocenters. The zero-order valence-corrected chi connectivity index (χ0v) is 10.7. The highest BCUT2D eigenvalue weighted by atomic mass is 15.3. The van der Waals surface area contributed by atoms with E-state index in [1.54, 1.807) is 0 Å². The standard InChI is InChI=1S/C14H20N4/c1-2-8-16-14(9-15)12-10-17-18(11-12)13-6-4-3-5-7-13/h3-7,10-11,14,16H,2,8-9,15H2,1H3. The predicted molar refractivity (Wildman–Crippen MR) is 73.7 cm³/mol. The normalized spacial score (nSPS) is 12.6. The molecule has 0 saturated carbocycles. The number of nitrogens with zero attached hydrogens (tertiary/aromatic N) is 2. The van der Waals surface area contributed by atoms with Crippen molar-refractivity contribution in [3.63, 3.8) is 0 Å². The number of aromatic nitrogens is 2. The highest BCUT2D eigenvalue weighted by molar-refractivity contribution is 5.31. The summed E-state index contributed by atoms with van der Waals surface area (Å²) in [6, 6.07) is 10.3. The Kier molecular flexibility index (Phi) is 4.50. The van der Waals surface area contributed by atoms with Crippen LogP contribution in [-0.2, 0) is 0 Å². The molecule has 2 rings (SSSR count). The summed E-state index contributed by atoms with van der Waals surface area (Å²) in [5, 5.41) is 7.81. The fourth-order valence-corrected chi connectivity index (χ4v) is 1.89. The Labute approximate surface area is 108 Å². The van der Waals surface area contributed by atoms with Crippen molar-refractivity contribution in [1.29, 1.82) is 0 Å². The van der Waals surface area contributed by atoms with Crippen LogP contribution in [0.1, 0.15) is 24.9 Å². The third-order valence-corrected chi connectivity index (χ3v) is 2.90. The predicted octanol–water partition coefficient (Wildman–Crippen LogP) is 1.87. The molecule has 4 nitrogen and oxygen atoms in total. The topological polar surface area (TPSA) is 55.9 Å². The van der Waals surface area contributed by atoms with Crippen LogP contribution < -0.4 is 11.1 Å². The quantitative estimate of drug-likeness (QED) is 0.815. The molecule has 96 valence electrons. The van der Waals surface area contributed by atoms with Crippen LogP contribution in [0, 0.1) is 0 Å². The molecule has 4 heteroatoms. The molecule has 1 heterocycles. The van der Waals surface area contributed by atoms with Crippen molar-refractivity contribution in [3.8, 4) is 5.69 Å². The molecule has 0 aliphatic heterocycles. The molecule has 0 aliphatic carbocycles. The van der Waals surface area contributed by atoms with Crippen LogP contribution in [0.15, 0.2) is 42.7 Å². The maximum Gasteiger partial charge on any atom is 0.0645 e. The lowest BCUT2D eigenvalue weighted by atomic mass is 10.1. The molecule has 1 atom stereocenters. The van der Waals surface area contributed by atoms with Gasteiger partial charge in [0, 0.05) is 24.3 Å². The van der Waals surface area contributed by atoms with Gasteiger partial charge >= 0.3 is 0 Å². The molecule has 0 aliphatic rings. The summed E-state index contributed by atoms with van der Waals surface area (Å²) < 4.78 is 1.88. The van der Waals surface area contributed by atoms with E-state index in [0.717, 1.165) is 24.2 Å². The Morgan fingerprint density at radius 1 is 1.33 bits per heavy atom. The molecule has 0 saturated heterocycles. The van der Waals surface area contributed by atoms with E-state index in [0.29, 0.717) is 6.54 Å². The monoisotopic (exact) mass is 244 g/mol. The minimum Gasteiger partial charge on any atom is -0.329 e. The van der Waals surface area contributed by atoms with Gasteiger partial charge in [0.1, 0.15) is 0 Å². The molecule has 0 fully saturated rings. The Bertz CT molecular complexity index is 464. The summed E-state index contributed by atoms with van der Waals surface area (Å²) in [4.78, 5) is 0. The third-order valence-electron chi connectivity index (χ3n) is 2.90. The van der Waals surface area contributed by atoms with Gasteiger partial charge in [-0.1, -0.05) is 25.1 Å². The minimum absolute atomic E-state index is 0.183. The fraction of sp³-hybridized carbons (Fsp3) is 0.357. The Balaban J connectivity index is 2.14. The van der Waals surface area contributed by atoms with E-state index >= 15 is 0 Å². The van der Waals surface area contributed by atoms with Crippen molar-refractivity contribution < 1.29 is 0 Å². The van der Waals surface area contributed by atoms with Crippen molar-refractivity contribution in [3.05, 3.63) is 48.3 Å². The van der Waals surface area contributed by atoms with E-state index in [4.69, 9.17) is 5.73 Å². The van der Waals surface area contributed by atoms with E-state index < -0.39 is 0 Å². The van der Waals surface area contributed by atoms with Crippen LogP contribution in [0.2, 0.25) is 0 Å². The van der Waals surface area contributed by atoms with Crippen LogP contribution in [0.4, 0.5) is 0 Å². The summed E-state index contributed by atoms with van der Waals surface area (Å²) in [6.45, 7) is 3.70. The SMILES string of the molecule is CCCNC(CN)c1cnn(-c2ccccc2)c1. The van der Waals surface area contributed by atoms with Crippen LogP contribution in [-0.4, -0.2) is 22.9 Å². The van der Waals surface area contributed by atoms with Gasteiger partial charge in [0.05, 0.1) is 11.9 Å². The first-order valence-corrected chi connectivity index (χ1v) is 6.38. The van der Waals surface area contributed by atoms with Crippen molar-refractivity contribution >= 4 is 0 Å². The van der Waals surface area contributed by atoms with Crippen LogP contribution in [0.5, 0.6) is 0 Å². The Morgan fingerprint density at radius 3 is 2.78 bits per heavy atom. The number of hydrogen-bond donors (Lipinski definition) is 2. The van der Waals surface area contributed by atoms with Crippen LogP contribution >= 0.6 is 0 Å². The largest absolute Gasteiger partial charge is 0.329 e. The molecule has 18 heavy (non-hydrogen) atoms. The van der Waals surface area contributed by atoms with Crippen molar-refractivity contribution in [2.45, 2.75) is 19.4 Å². The second-order valence-corrected chi connectivity index (χ2v) is 4.30. The van der Waals surface area contributed by atoms with E-state index in [-0.39, 0.29) is 6.04 Å². The van der Waals surface area contributed by atoms with Gasteiger partial charge in [0.2, 0.25) is 0 Å². The maximum absolute atomic E-state index is 5.79. The summed E-state index contributed by atoms with van der Waals surface area (Å²) in [5.41, 5.74) is 7.99. The van der Waals surface area contributed by atoms with Crippen LogP contribution in [0.25, 0.3) is 5.69 Å². The van der Waals surface area contributed by atoms with Crippen LogP contribution in [0.3, 0.4) is 0 Å². The zero-order chi connectivity index (χ0) is 12.8. The molecule has 0 radical (unpaired) electrons. The van der Waals surface area contributed by atoms with Crippen molar-refractivity contribution in [2.75, 3.05) is 13.1 Å². The average molecular weight is 244 g/mol. The number of nitrogens with two attached hydrogens (primary N) is 1. The summed E-state index contributed by atoms with van der Waals surface area (Å²) >= 11 is 0.